The molecule has 0 saturated carbocycles. The number of fused-ring (bicyclic) bond motifs is 10. The van der Waals surface area contributed by atoms with E-state index < -0.39 is 0 Å². The molecule has 2 aliphatic rings. The van der Waals surface area contributed by atoms with Gasteiger partial charge < -0.3 is 10.6 Å². The van der Waals surface area contributed by atoms with Gasteiger partial charge in [-0.1, -0.05) is 152 Å². The standard InChI is InChI=1S/C45H31N7S2/c1-6-16-27(17-7-1)26-52-42-40-38(34-32(28-18-8-2-9-19-28)36(48-50-44(34)53-40)30-22-12-4-13-23-30)46-43(52)41-39(47-42)35-33(29-20-10-3-11-21-29)37(49-51-45(35)54-41)31-24-14-5-15-25-31/h1-25,42-43,46-47H,26H2/t42-,43-/m0/s1. The highest BCUT2D eigenvalue weighted by Gasteiger charge is 2.45. The normalized spacial score (nSPS) is 16.1. The molecular formula is C45H31N7S2. The molecule has 2 aliphatic heterocycles. The van der Waals surface area contributed by atoms with Crippen LogP contribution in [-0.4, -0.2) is 25.3 Å². The molecule has 0 fully saturated rings. The summed E-state index contributed by atoms with van der Waals surface area (Å²) in [4.78, 5) is 6.73. The lowest BCUT2D eigenvalue weighted by Crippen LogP contribution is -2.46. The lowest BCUT2D eigenvalue weighted by molar-refractivity contribution is 0.144. The zero-order valence-electron chi connectivity index (χ0n) is 28.8. The summed E-state index contributed by atoms with van der Waals surface area (Å²) in [6.07, 6.45) is -0.284. The van der Waals surface area contributed by atoms with Crippen LogP contribution in [0.2, 0.25) is 0 Å². The highest BCUT2D eigenvalue weighted by molar-refractivity contribution is 7.20. The van der Waals surface area contributed by atoms with Gasteiger partial charge in [0.1, 0.15) is 33.4 Å². The van der Waals surface area contributed by atoms with Crippen LogP contribution in [0.4, 0.5) is 11.4 Å². The molecule has 11 rings (SSSR count). The average Bonchev–Trinajstić information content (AvgIpc) is 3.80. The van der Waals surface area contributed by atoms with E-state index in [1.54, 1.807) is 22.7 Å². The van der Waals surface area contributed by atoms with Crippen LogP contribution >= 0.6 is 22.7 Å². The van der Waals surface area contributed by atoms with Crippen molar-refractivity contribution >= 4 is 54.5 Å². The van der Waals surface area contributed by atoms with E-state index in [-0.39, 0.29) is 12.3 Å². The van der Waals surface area contributed by atoms with E-state index >= 15 is 0 Å². The largest absolute Gasteiger partial charge is 0.363 e. The number of benzene rings is 5. The molecular weight excluding hydrogens is 703 g/mol. The third-order valence-electron chi connectivity index (χ3n) is 10.4. The Hall–Kier alpha value is -6.26. The van der Waals surface area contributed by atoms with E-state index in [1.165, 1.54) is 15.3 Å². The molecule has 258 valence electrons. The number of thiophene rings is 2. The fourth-order valence-electron chi connectivity index (χ4n) is 8.04. The zero-order chi connectivity index (χ0) is 35.6. The van der Waals surface area contributed by atoms with E-state index in [1.807, 2.05) is 12.1 Å². The van der Waals surface area contributed by atoms with E-state index in [4.69, 9.17) is 20.4 Å². The Bertz CT molecular complexity index is 2630. The first-order chi connectivity index (χ1) is 26.8. The van der Waals surface area contributed by atoms with Gasteiger partial charge in [0, 0.05) is 39.6 Å². The van der Waals surface area contributed by atoms with Crippen molar-refractivity contribution in [3.8, 4) is 44.8 Å². The summed E-state index contributed by atoms with van der Waals surface area (Å²) >= 11 is 3.43. The second-order valence-electron chi connectivity index (χ2n) is 13.6. The number of hydrogen-bond acceptors (Lipinski definition) is 9. The molecule has 0 saturated heterocycles. The van der Waals surface area contributed by atoms with Gasteiger partial charge in [-0.25, -0.2) is 4.90 Å². The van der Waals surface area contributed by atoms with Crippen LogP contribution in [0.3, 0.4) is 0 Å². The van der Waals surface area contributed by atoms with Gasteiger partial charge in [0.2, 0.25) is 0 Å². The maximum Gasteiger partial charge on any atom is 0.149 e. The predicted molar refractivity (Wildman–Crippen MR) is 221 cm³/mol. The highest BCUT2D eigenvalue weighted by atomic mass is 32.1. The molecule has 0 amide bonds. The summed E-state index contributed by atoms with van der Waals surface area (Å²) in [7, 11) is 0. The van der Waals surface area contributed by atoms with Crippen LogP contribution in [0.5, 0.6) is 0 Å². The number of nitrogens with one attached hydrogen (secondary N) is 2. The van der Waals surface area contributed by atoms with Gasteiger partial charge in [-0.3, -0.25) is 0 Å². The Kier molecular flexibility index (Phi) is 7.36. The Labute approximate surface area is 319 Å². The van der Waals surface area contributed by atoms with E-state index in [0.717, 1.165) is 83.1 Å². The molecule has 0 radical (unpaired) electrons. The van der Waals surface area contributed by atoms with Gasteiger partial charge >= 0.3 is 0 Å². The van der Waals surface area contributed by atoms with Gasteiger partial charge in [-0.05, 0) is 16.7 Å². The lowest BCUT2D eigenvalue weighted by Gasteiger charge is -2.46. The summed E-state index contributed by atoms with van der Waals surface area (Å²) in [6, 6.07) is 52.7. The van der Waals surface area contributed by atoms with Crippen molar-refractivity contribution in [1.82, 2.24) is 25.3 Å². The molecule has 2 bridgehead atoms. The Balaban J connectivity index is 1.16. The van der Waals surface area contributed by atoms with Crippen LogP contribution in [-0.2, 0) is 6.54 Å². The van der Waals surface area contributed by atoms with Crippen molar-refractivity contribution in [2.75, 3.05) is 10.6 Å². The van der Waals surface area contributed by atoms with Gasteiger partial charge in [0.25, 0.3) is 0 Å². The van der Waals surface area contributed by atoms with Crippen molar-refractivity contribution in [2.45, 2.75) is 18.9 Å². The first-order valence-corrected chi connectivity index (χ1v) is 19.6. The molecule has 0 unspecified atom stereocenters. The van der Waals surface area contributed by atoms with Crippen molar-refractivity contribution in [3.63, 3.8) is 0 Å². The number of nitrogens with zero attached hydrogens (tertiary/aromatic N) is 5. The van der Waals surface area contributed by atoms with Gasteiger partial charge in [-0.15, -0.1) is 43.1 Å². The number of rotatable bonds is 6. The fourth-order valence-corrected chi connectivity index (χ4v) is 10.4. The molecule has 6 heterocycles. The molecule has 0 aliphatic carbocycles. The minimum Gasteiger partial charge on any atom is -0.363 e. The highest BCUT2D eigenvalue weighted by Crippen LogP contribution is 2.58. The van der Waals surface area contributed by atoms with E-state index in [2.05, 4.69) is 155 Å². The summed E-state index contributed by atoms with van der Waals surface area (Å²) in [5.41, 5.74) is 11.7. The van der Waals surface area contributed by atoms with Crippen LogP contribution in [0, 0.1) is 0 Å². The smallest absolute Gasteiger partial charge is 0.149 e. The first kappa shape index (κ1) is 31.3. The van der Waals surface area contributed by atoms with E-state index in [0.29, 0.717) is 0 Å². The minimum atomic E-state index is -0.142. The molecule has 54 heavy (non-hydrogen) atoms. The summed E-state index contributed by atoms with van der Waals surface area (Å²) in [5.74, 6) is 0. The van der Waals surface area contributed by atoms with Gasteiger partial charge in [-0.2, -0.15) is 0 Å². The second kappa shape index (κ2) is 12.7. The second-order valence-corrected chi connectivity index (χ2v) is 15.7. The molecule has 4 aromatic heterocycles. The zero-order valence-corrected chi connectivity index (χ0v) is 30.5. The van der Waals surface area contributed by atoms with E-state index in [9.17, 15) is 0 Å². The average molecular weight is 734 g/mol. The number of anilines is 2. The maximum absolute atomic E-state index is 4.92. The van der Waals surface area contributed by atoms with Crippen molar-refractivity contribution in [1.29, 1.82) is 0 Å². The minimum absolute atomic E-state index is 0.142. The van der Waals surface area contributed by atoms with Crippen LogP contribution < -0.4 is 10.6 Å². The third-order valence-corrected chi connectivity index (χ3v) is 12.7. The molecule has 9 heteroatoms. The molecule has 0 spiro atoms. The molecule has 7 nitrogen and oxygen atoms in total. The topological polar surface area (TPSA) is 78.9 Å². The quantitative estimate of drug-likeness (QED) is 0.176. The number of hydrogen-bond donors (Lipinski definition) is 2. The Morgan fingerprint density at radius 3 is 1.22 bits per heavy atom. The number of aromatic nitrogens is 4. The van der Waals surface area contributed by atoms with Crippen molar-refractivity contribution < 1.29 is 0 Å². The van der Waals surface area contributed by atoms with Crippen LogP contribution in [0.15, 0.2) is 152 Å². The third kappa shape index (κ3) is 4.97. The fraction of sp³-hybridized carbons (Fsp3) is 0.0667. The monoisotopic (exact) mass is 733 g/mol. The first-order valence-electron chi connectivity index (χ1n) is 18.0. The SMILES string of the molecule is c1ccc(CN2[C@@H]3Nc4c(sc5nnc(-c6ccccc6)c(-c6ccccc6)c45)[C@H]2Nc2c3sc3nnc(-c4ccccc4)c(-c4ccccc4)c23)cc1. The van der Waals surface area contributed by atoms with Crippen molar-refractivity contribution in [2.24, 2.45) is 0 Å². The Morgan fingerprint density at radius 1 is 0.444 bits per heavy atom. The predicted octanol–water partition coefficient (Wildman–Crippen LogP) is 11.4. The molecule has 2 N–H and O–H groups in total. The summed E-state index contributed by atoms with van der Waals surface area (Å²) in [5, 5.41) is 30.1. The Morgan fingerprint density at radius 2 is 0.815 bits per heavy atom. The lowest BCUT2D eigenvalue weighted by atomic mass is 9.94. The van der Waals surface area contributed by atoms with Crippen molar-refractivity contribution in [3.05, 3.63) is 167 Å². The summed E-state index contributed by atoms with van der Waals surface area (Å²) in [6.45, 7) is 0.747. The van der Waals surface area contributed by atoms with Crippen LogP contribution in [0.25, 0.3) is 65.2 Å². The molecule has 2 atom stereocenters. The molecule has 9 aromatic rings. The van der Waals surface area contributed by atoms with Gasteiger partial charge in [0.15, 0.2) is 0 Å². The summed E-state index contributed by atoms with van der Waals surface area (Å²) < 4.78 is 0. The maximum atomic E-state index is 4.92. The van der Waals surface area contributed by atoms with Gasteiger partial charge in [0.05, 0.1) is 21.1 Å². The van der Waals surface area contributed by atoms with Crippen LogP contribution in [0.1, 0.15) is 27.6 Å². The molecule has 5 aromatic carbocycles.